The second-order valence-electron chi connectivity index (χ2n) is 8.21. The number of anilines is 1. The number of pyridine rings is 1. The van der Waals surface area contributed by atoms with Crippen molar-refractivity contribution in [3.05, 3.63) is 60.6 Å². The van der Waals surface area contributed by atoms with Gasteiger partial charge in [-0.3, -0.25) is 14.6 Å². The molecule has 1 aromatic carbocycles. The Morgan fingerprint density at radius 1 is 1.17 bits per heavy atom. The molecule has 0 unspecified atom stereocenters. The van der Waals surface area contributed by atoms with Gasteiger partial charge in [-0.05, 0) is 48.7 Å². The Morgan fingerprint density at radius 3 is 2.67 bits per heavy atom. The third kappa shape index (κ3) is 3.82. The maximum absolute atomic E-state index is 13.6. The highest BCUT2D eigenvalue weighted by Gasteiger charge is 2.46. The SMILES string of the molecule is CC(=O)N(Cc1cccnc1)C1(C(=O)Nc2ccc3c(ccn3C)c2)CCCCC1. The van der Waals surface area contributed by atoms with Crippen molar-refractivity contribution >= 4 is 28.4 Å². The molecule has 1 N–H and O–H groups in total. The van der Waals surface area contributed by atoms with E-state index in [0.717, 1.165) is 41.4 Å². The van der Waals surface area contributed by atoms with Gasteiger partial charge < -0.3 is 14.8 Å². The molecule has 30 heavy (non-hydrogen) atoms. The molecule has 6 nitrogen and oxygen atoms in total. The number of fused-ring (bicyclic) bond motifs is 1. The van der Waals surface area contributed by atoms with Crippen LogP contribution in [0.2, 0.25) is 0 Å². The third-order valence-corrected chi connectivity index (χ3v) is 6.21. The molecule has 0 aliphatic heterocycles. The topological polar surface area (TPSA) is 67.2 Å². The average molecular weight is 405 g/mol. The van der Waals surface area contributed by atoms with E-state index in [9.17, 15) is 9.59 Å². The highest BCUT2D eigenvalue weighted by atomic mass is 16.2. The second-order valence-corrected chi connectivity index (χ2v) is 8.21. The van der Waals surface area contributed by atoms with Gasteiger partial charge in [0.15, 0.2) is 0 Å². The molecule has 1 fully saturated rings. The monoisotopic (exact) mass is 404 g/mol. The summed E-state index contributed by atoms with van der Waals surface area (Å²) in [4.78, 5) is 32.3. The minimum Gasteiger partial charge on any atom is -0.351 e. The summed E-state index contributed by atoms with van der Waals surface area (Å²) in [6.07, 6.45) is 9.77. The fraction of sp³-hybridized carbons (Fsp3) is 0.375. The molecule has 2 heterocycles. The van der Waals surface area contributed by atoms with Crippen LogP contribution in [-0.2, 0) is 23.2 Å². The number of rotatable bonds is 5. The predicted octanol–water partition coefficient (Wildman–Crippen LogP) is 4.26. The van der Waals surface area contributed by atoms with Crippen LogP contribution in [0.5, 0.6) is 0 Å². The summed E-state index contributed by atoms with van der Waals surface area (Å²) in [6.45, 7) is 1.93. The van der Waals surface area contributed by atoms with E-state index in [-0.39, 0.29) is 11.8 Å². The lowest BCUT2D eigenvalue weighted by atomic mass is 9.79. The zero-order chi connectivity index (χ0) is 21.1. The van der Waals surface area contributed by atoms with Gasteiger partial charge in [-0.2, -0.15) is 0 Å². The molecule has 4 rings (SSSR count). The third-order valence-electron chi connectivity index (χ3n) is 6.21. The molecule has 2 amide bonds. The van der Waals surface area contributed by atoms with Gasteiger partial charge in [-0.15, -0.1) is 0 Å². The number of benzene rings is 1. The van der Waals surface area contributed by atoms with Crippen LogP contribution in [0.4, 0.5) is 5.69 Å². The standard InChI is InChI=1S/C24H28N4O2/c1-18(29)28(17-19-7-6-13-25-16-19)24(11-4-3-5-12-24)23(30)26-21-8-9-22-20(15-21)10-14-27(22)2/h6-10,13-16H,3-5,11-12,17H2,1-2H3,(H,26,30). The molecule has 3 aromatic rings. The predicted molar refractivity (Wildman–Crippen MR) is 118 cm³/mol. The quantitative estimate of drug-likeness (QED) is 0.691. The van der Waals surface area contributed by atoms with E-state index in [2.05, 4.69) is 14.9 Å². The highest BCUT2D eigenvalue weighted by molar-refractivity contribution is 6.01. The zero-order valence-electron chi connectivity index (χ0n) is 17.6. The van der Waals surface area contributed by atoms with Crippen LogP contribution < -0.4 is 5.32 Å². The van der Waals surface area contributed by atoms with E-state index >= 15 is 0 Å². The Balaban J connectivity index is 1.65. The molecule has 0 radical (unpaired) electrons. The molecule has 156 valence electrons. The van der Waals surface area contributed by atoms with E-state index in [1.54, 1.807) is 24.2 Å². The van der Waals surface area contributed by atoms with Crippen molar-refractivity contribution < 1.29 is 9.59 Å². The van der Waals surface area contributed by atoms with E-state index in [4.69, 9.17) is 0 Å². The molecule has 0 bridgehead atoms. The lowest BCUT2D eigenvalue weighted by Crippen LogP contribution is -2.59. The number of carbonyl (C=O) groups is 2. The average Bonchev–Trinajstić information content (AvgIpc) is 3.13. The fourth-order valence-electron chi connectivity index (χ4n) is 4.60. The Bertz CT molecular complexity index is 1050. The fourth-order valence-corrected chi connectivity index (χ4v) is 4.60. The van der Waals surface area contributed by atoms with Gasteiger partial charge in [0.2, 0.25) is 11.8 Å². The van der Waals surface area contributed by atoms with Gasteiger partial charge >= 0.3 is 0 Å². The Hall–Kier alpha value is -3.15. The largest absolute Gasteiger partial charge is 0.351 e. The molecule has 1 aliphatic carbocycles. The lowest BCUT2D eigenvalue weighted by Gasteiger charge is -2.44. The molecule has 1 aliphatic rings. The van der Waals surface area contributed by atoms with E-state index in [1.165, 1.54) is 0 Å². The van der Waals surface area contributed by atoms with Gasteiger partial charge in [0.1, 0.15) is 5.54 Å². The number of hydrogen-bond acceptors (Lipinski definition) is 3. The minimum absolute atomic E-state index is 0.0885. The van der Waals surface area contributed by atoms with Crippen LogP contribution in [-0.4, -0.2) is 31.8 Å². The first kappa shape index (κ1) is 20.1. The van der Waals surface area contributed by atoms with Crippen LogP contribution in [0.1, 0.15) is 44.6 Å². The van der Waals surface area contributed by atoms with Gasteiger partial charge in [0, 0.05) is 55.7 Å². The molecule has 1 saturated carbocycles. The van der Waals surface area contributed by atoms with Crippen LogP contribution in [0.25, 0.3) is 10.9 Å². The number of nitrogens with zero attached hydrogens (tertiary/aromatic N) is 3. The molecule has 6 heteroatoms. The smallest absolute Gasteiger partial charge is 0.250 e. The molecular weight excluding hydrogens is 376 g/mol. The van der Waals surface area contributed by atoms with E-state index in [0.29, 0.717) is 19.4 Å². The summed E-state index contributed by atoms with van der Waals surface area (Å²) < 4.78 is 2.05. The number of aryl methyl sites for hydroxylation is 1. The van der Waals surface area contributed by atoms with Crippen LogP contribution >= 0.6 is 0 Å². The van der Waals surface area contributed by atoms with Crippen LogP contribution in [0.3, 0.4) is 0 Å². The van der Waals surface area contributed by atoms with Gasteiger partial charge in [0.05, 0.1) is 0 Å². The molecule has 0 atom stereocenters. The van der Waals surface area contributed by atoms with Gasteiger partial charge in [0.25, 0.3) is 0 Å². The number of hydrogen-bond donors (Lipinski definition) is 1. The summed E-state index contributed by atoms with van der Waals surface area (Å²) in [5.41, 5.74) is 1.96. The van der Waals surface area contributed by atoms with Gasteiger partial charge in [-0.1, -0.05) is 25.3 Å². The molecule has 0 saturated heterocycles. The van der Waals surface area contributed by atoms with Crippen LogP contribution in [0, 0.1) is 0 Å². The summed E-state index contributed by atoms with van der Waals surface area (Å²) in [7, 11) is 2.00. The summed E-state index contributed by atoms with van der Waals surface area (Å²) >= 11 is 0. The lowest BCUT2D eigenvalue weighted by molar-refractivity contribution is -0.147. The van der Waals surface area contributed by atoms with Crippen molar-refractivity contribution in [2.75, 3.05) is 5.32 Å². The van der Waals surface area contributed by atoms with Crippen molar-refractivity contribution in [3.8, 4) is 0 Å². The maximum atomic E-state index is 13.6. The van der Waals surface area contributed by atoms with E-state index < -0.39 is 5.54 Å². The van der Waals surface area contributed by atoms with E-state index in [1.807, 2.05) is 49.6 Å². The Labute approximate surface area is 176 Å². The molecule has 0 spiro atoms. The number of carbonyl (C=O) groups excluding carboxylic acids is 2. The zero-order valence-corrected chi connectivity index (χ0v) is 17.6. The van der Waals surface area contributed by atoms with Crippen molar-refractivity contribution in [1.29, 1.82) is 0 Å². The van der Waals surface area contributed by atoms with Crippen molar-refractivity contribution in [2.45, 2.75) is 51.1 Å². The summed E-state index contributed by atoms with van der Waals surface area (Å²) in [5, 5.41) is 4.19. The summed E-state index contributed by atoms with van der Waals surface area (Å²) in [5.74, 6) is -0.189. The minimum atomic E-state index is -0.842. The van der Waals surface area contributed by atoms with Crippen LogP contribution in [0.15, 0.2) is 55.0 Å². The van der Waals surface area contributed by atoms with Gasteiger partial charge in [-0.25, -0.2) is 0 Å². The number of aromatic nitrogens is 2. The molecule has 2 aromatic heterocycles. The number of amides is 2. The summed E-state index contributed by atoms with van der Waals surface area (Å²) in [6, 6.07) is 11.8. The van der Waals surface area contributed by atoms with Crippen molar-refractivity contribution in [1.82, 2.24) is 14.5 Å². The van der Waals surface area contributed by atoms with Crippen molar-refractivity contribution in [3.63, 3.8) is 0 Å². The Kier molecular flexibility index (Phi) is 5.57. The second kappa shape index (κ2) is 8.30. The number of nitrogens with one attached hydrogen (secondary N) is 1. The first-order chi connectivity index (χ1) is 14.5. The first-order valence-electron chi connectivity index (χ1n) is 10.5. The van der Waals surface area contributed by atoms with Crippen molar-refractivity contribution in [2.24, 2.45) is 7.05 Å². The maximum Gasteiger partial charge on any atom is 0.250 e. The highest BCUT2D eigenvalue weighted by Crippen LogP contribution is 2.36. The normalized spacial score (nSPS) is 15.7. The Morgan fingerprint density at radius 2 is 1.97 bits per heavy atom. The first-order valence-corrected chi connectivity index (χ1v) is 10.5. The molecular formula is C24H28N4O2.